The molecule has 0 aliphatic rings. The maximum Gasteiger partial charge on any atom is 0.223 e. The maximum atomic E-state index is 12.0. The van der Waals surface area contributed by atoms with E-state index in [4.69, 9.17) is 4.74 Å². The molecule has 0 saturated carbocycles. The van der Waals surface area contributed by atoms with E-state index in [-0.39, 0.29) is 34.2 Å². The number of unbranched alkanes of at least 4 members (excludes halogenated alkanes) is 8. The summed E-state index contributed by atoms with van der Waals surface area (Å²) in [5.74, 6) is -0.335. The summed E-state index contributed by atoms with van der Waals surface area (Å²) in [5.41, 5.74) is 0.477. The van der Waals surface area contributed by atoms with Gasteiger partial charge in [-0.05, 0) is 39.5 Å². The Kier molecular flexibility index (Phi) is 16.8. The molecule has 2 heterocycles. The minimum absolute atomic E-state index is 0.0160. The molecule has 2 aromatic rings. The first-order valence-corrected chi connectivity index (χ1v) is 15.6. The van der Waals surface area contributed by atoms with Gasteiger partial charge in [0.25, 0.3) is 0 Å². The minimum Gasteiger partial charge on any atom is -0.503 e. The largest absolute Gasteiger partial charge is 0.503 e. The number of nitrogens with zero attached hydrogens (tertiary/aromatic N) is 2. The number of hydrogen-bond donors (Lipinski definition) is 4. The highest BCUT2D eigenvalue weighted by atomic mass is 16.5. The average Bonchev–Trinajstić information content (AvgIpc) is 2.99. The van der Waals surface area contributed by atoms with E-state index < -0.39 is 0 Å². The zero-order chi connectivity index (χ0) is 31.5. The molecule has 240 valence electrons. The molecular formula is C32H50N4O7. The van der Waals surface area contributed by atoms with Gasteiger partial charge in [0, 0.05) is 63.5 Å². The van der Waals surface area contributed by atoms with Crippen LogP contribution in [-0.4, -0.2) is 57.5 Å². The van der Waals surface area contributed by atoms with Gasteiger partial charge >= 0.3 is 0 Å². The lowest BCUT2D eigenvalue weighted by atomic mass is 10.1. The normalized spacial score (nSPS) is 11.0. The van der Waals surface area contributed by atoms with Crippen LogP contribution >= 0.6 is 0 Å². The van der Waals surface area contributed by atoms with E-state index in [1.807, 2.05) is 9.13 Å². The highest BCUT2D eigenvalue weighted by Crippen LogP contribution is 2.13. The zero-order valence-corrected chi connectivity index (χ0v) is 25.9. The highest BCUT2D eigenvalue weighted by molar-refractivity contribution is 5.76. The number of rotatable bonds is 22. The molecule has 0 radical (unpaired) electrons. The topological polar surface area (TPSA) is 152 Å². The summed E-state index contributed by atoms with van der Waals surface area (Å²) in [4.78, 5) is 46.8. The van der Waals surface area contributed by atoms with E-state index in [2.05, 4.69) is 10.6 Å². The van der Waals surface area contributed by atoms with Crippen LogP contribution in [-0.2, 0) is 27.4 Å². The number of carbonyl (C=O) groups excluding carboxylic acids is 2. The maximum absolute atomic E-state index is 12.0. The van der Waals surface area contributed by atoms with Crippen LogP contribution < -0.4 is 21.5 Å². The Hall–Kier alpha value is -3.60. The van der Waals surface area contributed by atoms with E-state index in [0.29, 0.717) is 50.5 Å². The first kappa shape index (κ1) is 35.6. The molecule has 0 atom stereocenters. The van der Waals surface area contributed by atoms with Gasteiger partial charge in [-0.25, -0.2) is 0 Å². The number of pyridine rings is 2. The molecule has 2 amide bonds. The van der Waals surface area contributed by atoms with Crippen molar-refractivity contribution in [3.63, 3.8) is 0 Å². The van der Waals surface area contributed by atoms with Crippen LogP contribution in [0.3, 0.4) is 0 Å². The van der Waals surface area contributed by atoms with Crippen LogP contribution in [0.5, 0.6) is 11.5 Å². The van der Waals surface area contributed by atoms with Crippen molar-refractivity contribution in [1.82, 2.24) is 19.8 Å². The van der Waals surface area contributed by atoms with Crippen LogP contribution in [0.1, 0.15) is 88.4 Å². The predicted octanol–water partition coefficient (Wildman–Crippen LogP) is 3.67. The Morgan fingerprint density at radius 2 is 1.02 bits per heavy atom. The molecule has 43 heavy (non-hydrogen) atoms. The summed E-state index contributed by atoms with van der Waals surface area (Å²) in [7, 11) is 0. The number of amides is 2. The first-order chi connectivity index (χ1) is 20.7. The predicted molar refractivity (Wildman–Crippen MR) is 166 cm³/mol. The van der Waals surface area contributed by atoms with Crippen molar-refractivity contribution >= 4 is 11.8 Å². The van der Waals surface area contributed by atoms with Gasteiger partial charge in [0.15, 0.2) is 11.5 Å². The summed E-state index contributed by atoms with van der Waals surface area (Å²) in [6, 6.07) is 2.76. The number of hydrogen-bond acceptors (Lipinski definition) is 7. The molecule has 4 N–H and O–H groups in total. The molecule has 0 aromatic carbocycles. The number of ether oxygens (including phenoxy) is 1. The average molecular weight is 603 g/mol. The smallest absolute Gasteiger partial charge is 0.223 e. The van der Waals surface area contributed by atoms with Crippen molar-refractivity contribution < 1.29 is 24.5 Å². The van der Waals surface area contributed by atoms with E-state index >= 15 is 0 Å². The van der Waals surface area contributed by atoms with Crippen LogP contribution in [0, 0.1) is 13.8 Å². The SMILES string of the molecule is Cc1c(O)c(=O)ccn1CCCCCCCC(=O)NCCOCCNC(=O)CCCCCCCn1ccc(=O)c(O)c1C. The first-order valence-electron chi connectivity index (χ1n) is 15.6. The van der Waals surface area contributed by atoms with Crippen LogP contribution in [0.2, 0.25) is 0 Å². The third-order valence-corrected chi connectivity index (χ3v) is 7.57. The molecule has 11 nitrogen and oxygen atoms in total. The summed E-state index contributed by atoms with van der Waals surface area (Å²) < 4.78 is 9.27. The highest BCUT2D eigenvalue weighted by Gasteiger charge is 2.07. The lowest BCUT2D eigenvalue weighted by Gasteiger charge is -2.11. The van der Waals surface area contributed by atoms with E-state index in [9.17, 15) is 29.4 Å². The lowest BCUT2D eigenvalue weighted by Crippen LogP contribution is -2.30. The summed E-state index contributed by atoms with van der Waals surface area (Å²) >= 11 is 0. The van der Waals surface area contributed by atoms with E-state index in [0.717, 1.165) is 77.3 Å². The Labute approximate surface area is 254 Å². The van der Waals surface area contributed by atoms with Gasteiger partial charge in [0.1, 0.15) is 0 Å². The summed E-state index contributed by atoms with van der Waals surface area (Å²) in [6.45, 7) is 6.67. The van der Waals surface area contributed by atoms with Gasteiger partial charge in [-0.2, -0.15) is 0 Å². The van der Waals surface area contributed by atoms with Gasteiger partial charge < -0.3 is 34.7 Å². The molecule has 0 aliphatic carbocycles. The molecule has 0 spiro atoms. The molecule has 11 heteroatoms. The molecule has 0 saturated heterocycles. The molecule has 0 aliphatic heterocycles. The Morgan fingerprint density at radius 1 is 0.651 bits per heavy atom. The lowest BCUT2D eigenvalue weighted by molar-refractivity contribution is -0.121. The molecule has 0 unspecified atom stereocenters. The summed E-state index contributed by atoms with van der Waals surface area (Å²) in [5, 5.41) is 25.2. The molecule has 2 aromatic heterocycles. The number of aromatic nitrogens is 2. The Morgan fingerprint density at radius 3 is 1.44 bits per heavy atom. The van der Waals surface area contributed by atoms with Crippen molar-refractivity contribution in [2.45, 2.75) is 104 Å². The number of aryl methyl sites for hydroxylation is 2. The van der Waals surface area contributed by atoms with Gasteiger partial charge in [0.05, 0.1) is 24.6 Å². The fourth-order valence-electron chi connectivity index (χ4n) is 4.81. The van der Waals surface area contributed by atoms with Crippen LogP contribution in [0.15, 0.2) is 34.1 Å². The molecular weight excluding hydrogens is 552 g/mol. The minimum atomic E-state index is -0.352. The third kappa shape index (κ3) is 13.9. The van der Waals surface area contributed by atoms with Crippen molar-refractivity contribution in [1.29, 1.82) is 0 Å². The second kappa shape index (κ2) is 20.3. The molecule has 0 fully saturated rings. The summed E-state index contributed by atoms with van der Waals surface area (Å²) in [6.07, 6.45) is 14.0. The number of carbonyl (C=O) groups is 2. The quantitative estimate of drug-likeness (QED) is 0.150. The van der Waals surface area contributed by atoms with Crippen molar-refractivity contribution in [2.75, 3.05) is 26.3 Å². The van der Waals surface area contributed by atoms with Gasteiger partial charge in [-0.15, -0.1) is 0 Å². The Balaban J connectivity index is 1.34. The second-order valence-corrected chi connectivity index (χ2v) is 11.0. The third-order valence-electron chi connectivity index (χ3n) is 7.57. The number of nitrogens with one attached hydrogen (secondary N) is 2. The second-order valence-electron chi connectivity index (χ2n) is 11.0. The monoisotopic (exact) mass is 602 g/mol. The van der Waals surface area contributed by atoms with Crippen molar-refractivity contribution in [3.8, 4) is 11.5 Å². The van der Waals surface area contributed by atoms with Gasteiger partial charge in [-0.1, -0.05) is 38.5 Å². The molecule has 0 bridgehead atoms. The standard InChI is InChI=1S/C32H50N4O7/c1-25-31(41)27(37)15-21-35(25)19-11-7-3-5-9-13-29(39)33-17-23-43-24-18-34-30(40)14-10-6-4-8-12-20-36-22-16-28(38)32(42)26(36)2/h15-16,21-22,41-42H,3-14,17-20,23-24H2,1-2H3,(H,33,39)(H,34,40). The van der Waals surface area contributed by atoms with Crippen molar-refractivity contribution in [3.05, 3.63) is 56.4 Å². The molecule has 2 rings (SSSR count). The van der Waals surface area contributed by atoms with E-state index in [1.165, 1.54) is 12.1 Å². The van der Waals surface area contributed by atoms with E-state index in [1.54, 1.807) is 26.2 Å². The van der Waals surface area contributed by atoms with Crippen LogP contribution in [0.25, 0.3) is 0 Å². The number of aromatic hydroxyl groups is 2. The fraction of sp³-hybridized carbons (Fsp3) is 0.625. The fourth-order valence-corrected chi connectivity index (χ4v) is 4.81. The zero-order valence-electron chi connectivity index (χ0n) is 25.9. The van der Waals surface area contributed by atoms with Gasteiger partial charge in [-0.3, -0.25) is 19.2 Å². The van der Waals surface area contributed by atoms with Crippen LogP contribution in [0.4, 0.5) is 0 Å². The Bertz CT molecular complexity index is 1160. The van der Waals surface area contributed by atoms with Crippen molar-refractivity contribution in [2.24, 2.45) is 0 Å². The van der Waals surface area contributed by atoms with Gasteiger partial charge in [0.2, 0.25) is 22.7 Å².